The number of hydrogen-bond donors (Lipinski definition) is 0. The van der Waals surface area contributed by atoms with Crippen molar-refractivity contribution in [2.45, 2.75) is 71.6 Å². The van der Waals surface area contributed by atoms with Gasteiger partial charge in [0.15, 0.2) is 0 Å². The van der Waals surface area contributed by atoms with Crippen molar-refractivity contribution in [2.75, 3.05) is 0 Å². The Bertz CT molecular complexity index is 275. The molecule has 0 radical (unpaired) electrons. The van der Waals surface area contributed by atoms with Gasteiger partial charge < -0.3 is 4.74 Å². The molecule has 108 valence electrons. The van der Waals surface area contributed by atoms with Crippen molar-refractivity contribution >= 4 is 57.4 Å². The molecule has 0 rings (SSSR count). The van der Waals surface area contributed by atoms with E-state index in [1.807, 2.05) is 0 Å². The molecule has 0 bridgehead atoms. The molecule has 3 nitrogen and oxygen atoms in total. The first-order valence-corrected chi connectivity index (χ1v) is 6.98. The summed E-state index contributed by atoms with van der Waals surface area (Å²) in [5.74, 6) is -1.05. The van der Waals surface area contributed by atoms with Gasteiger partial charge in [0.1, 0.15) is 0 Å². The van der Waals surface area contributed by atoms with Crippen molar-refractivity contribution in [1.29, 1.82) is 0 Å². The molecule has 0 amide bonds. The standard InChI is InChI=1S/C15H26O3.Sr.2H/c1-4-5-6-7-8-9-10-11-12-14(16)18-15(17)13(2)3;;;/h2,4-12H2,1,3H3;;;. The third-order valence-electron chi connectivity index (χ3n) is 2.79. The van der Waals surface area contributed by atoms with Crippen molar-refractivity contribution in [1.82, 2.24) is 0 Å². The van der Waals surface area contributed by atoms with E-state index in [0.29, 0.717) is 6.42 Å². The molecule has 4 heteroatoms. The summed E-state index contributed by atoms with van der Waals surface area (Å²) in [5.41, 5.74) is 0.263. The number of unbranched alkanes of at least 4 members (excludes halogenated alkanes) is 7. The van der Waals surface area contributed by atoms with E-state index < -0.39 is 11.9 Å². The first-order chi connectivity index (χ1) is 8.57. The summed E-state index contributed by atoms with van der Waals surface area (Å²) in [6.45, 7) is 7.17. The van der Waals surface area contributed by atoms with E-state index in [0.717, 1.165) is 19.3 Å². The second-order valence-electron chi connectivity index (χ2n) is 4.77. The van der Waals surface area contributed by atoms with Crippen LogP contribution in [0, 0.1) is 0 Å². The molecule has 0 aromatic heterocycles. The van der Waals surface area contributed by atoms with Crippen LogP contribution in [0.5, 0.6) is 0 Å². The molecule has 0 fully saturated rings. The molecule has 0 saturated heterocycles. The van der Waals surface area contributed by atoms with Crippen molar-refractivity contribution in [3.63, 3.8) is 0 Å². The van der Waals surface area contributed by atoms with Gasteiger partial charge in [-0.2, -0.15) is 0 Å². The molecule has 0 aliphatic rings. The topological polar surface area (TPSA) is 43.4 Å². The van der Waals surface area contributed by atoms with Gasteiger partial charge in [-0.05, 0) is 13.3 Å². The van der Waals surface area contributed by atoms with Gasteiger partial charge in [0, 0.05) is 12.0 Å². The average molecular weight is 344 g/mol. The predicted molar refractivity (Wildman–Crippen MR) is 81.7 cm³/mol. The summed E-state index contributed by atoms with van der Waals surface area (Å²) in [4.78, 5) is 22.3. The molecule has 0 aromatic rings. The number of esters is 2. The molecule has 0 N–H and O–H groups in total. The zero-order valence-corrected chi connectivity index (χ0v) is 11.8. The Morgan fingerprint density at radius 2 is 1.42 bits per heavy atom. The summed E-state index contributed by atoms with van der Waals surface area (Å²) in [6.07, 6.45) is 9.73. The summed E-state index contributed by atoms with van der Waals surface area (Å²) in [5, 5.41) is 0. The summed E-state index contributed by atoms with van der Waals surface area (Å²) >= 11 is 0. The van der Waals surface area contributed by atoms with Crippen molar-refractivity contribution in [2.24, 2.45) is 0 Å². The van der Waals surface area contributed by atoms with Gasteiger partial charge in [-0.25, -0.2) is 4.79 Å². The second kappa shape index (κ2) is 14.8. The molecule has 0 atom stereocenters. The van der Waals surface area contributed by atoms with Crippen LogP contribution in [0.25, 0.3) is 0 Å². The average Bonchev–Trinajstić information content (AvgIpc) is 2.32. The maximum absolute atomic E-state index is 11.2. The summed E-state index contributed by atoms with van der Waals surface area (Å²) < 4.78 is 4.59. The van der Waals surface area contributed by atoms with Crippen LogP contribution in [-0.4, -0.2) is 57.4 Å². The second-order valence-corrected chi connectivity index (χ2v) is 4.77. The fraction of sp³-hybridized carbons (Fsp3) is 0.733. The first kappa shape index (κ1) is 21.7. The summed E-state index contributed by atoms with van der Waals surface area (Å²) in [7, 11) is 0. The van der Waals surface area contributed by atoms with Gasteiger partial charge >= 0.3 is 57.4 Å². The van der Waals surface area contributed by atoms with E-state index in [1.54, 1.807) is 0 Å². The molecule has 0 spiro atoms. The number of hydrogen-bond acceptors (Lipinski definition) is 3. The molecule has 0 aliphatic carbocycles. The van der Waals surface area contributed by atoms with Crippen LogP contribution in [0.4, 0.5) is 0 Å². The fourth-order valence-electron chi connectivity index (χ4n) is 1.64. The molecule has 0 saturated carbocycles. The third-order valence-corrected chi connectivity index (χ3v) is 2.79. The van der Waals surface area contributed by atoms with Gasteiger partial charge in [-0.15, -0.1) is 0 Å². The molecule has 0 aliphatic heterocycles. The van der Waals surface area contributed by atoms with Gasteiger partial charge in [0.25, 0.3) is 0 Å². The molecule has 0 aromatic carbocycles. The van der Waals surface area contributed by atoms with Gasteiger partial charge in [-0.3, -0.25) is 4.79 Å². The normalized spacial score (nSPS) is 9.58. The minimum atomic E-state index is -0.612. The third kappa shape index (κ3) is 14.6. The van der Waals surface area contributed by atoms with E-state index >= 15 is 0 Å². The van der Waals surface area contributed by atoms with E-state index in [4.69, 9.17) is 0 Å². The summed E-state index contributed by atoms with van der Waals surface area (Å²) in [6, 6.07) is 0. The van der Waals surface area contributed by atoms with Crippen molar-refractivity contribution in [3.05, 3.63) is 12.2 Å². The van der Waals surface area contributed by atoms with Gasteiger partial charge in [0.2, 0.25) is 0 Å². The SMILES string of the molecule is C=C(C)C(=O)OC(=O)CCCCCCCCCC.[SrH2]. The zero-order valence-electron chi connectivity index (χ0n) is 11.8. The van der Waals surface area contributed by atoms with Crippen LogP contribution in [0.3, 0.4) is 0 Å². The zero-order chi connectivity index (χ0) is 13.8. The molecule has 19 heavy (non-hydrogen) atoms. The molecular weight excluding hydrogens is 316 g/mol. The van der Waals surface area contributed by atoms with Crippen LogP contribution in [0.15, 0.2) is 12.2 Å². The predicted octanol–water partition coefficient (Wildman–Crippen LogP) is 3.25. The van der Waals surface area contributed by atoms with Crippen LogP contribution >= 0.6 is 0 Å². The van der Waals surface area contributed by atoms with Crippen LogP contribution in [0.1, 0.15) is 71.6 Å². The van der Waals surface area contributed by atoms with Crippen molar-refractivity contribution in [3.8, 4) is 0 Å². The number of carbonyl (C=O) groups excluding carboxylic acids is 2. The maximum atomic E-state index is 11.2. The van der Waals surface area contributed by atoms with Crippen molar-refractivity contribution < 1.29 is 14.3 Å². The van der Waals surface area contributed by atoms with Crippen LogP contribution < -0.4 is 0 Å². The quantitative estimate of drug-likeness (QED) is 0.201. The number of ether oxygens (including phenoxy) is 1. The number of rotatable bonds is 10. The van der Waals surface area contributed by atoms with Gasteiger partial charge in [0.05, 0.1) is 0 Å². The number of carbonyl (C=O) groups is 2. The van der Waals surface area contributed by atoms with E-state index in [1.165, 1.54) is 39.0 Å². The Hall–Kier alpha value is 0.361. The molecular formula is C15H28O3Sr. The van der Waals surface area contributed by atoms with E-state index in [9.17, 15) is 9.59 Å². The Labute approximate surface area is 154 Å². The first-order valence-electron chi connectivity index (χ1n) is 6.98. The minimum absolute atomic E-state index is 0. The molecule has 0 heterocycles. The Morgan fingerprint density at radius 3 is 1.89 bits per heavy atom. The Balaban J connectivity index is 0. The Kier molecular flexibility index (Phi) is 16.8. The Morgan fingerprint density at radius 1 is 0.947 bits per heavy atom. The monoisotopic (exact) mass is 344 g/mol. The van der Waals surface area contributed by atoms with E-state index in [-0.39, 0.29) is 51.1 Å². The molecule has 0 unspecified atom stereocenters. The van der Waals surface area contributed by atoms with Crippen LogP contribution in [-0.2, 0) is 14.3 Å². The fourth-order valence-corrected chi connectivity index (χ4v) is 1.64. The van der Waals surface area contributed by atoms with E-state index in [2.05, 4.69) is 18.2 Å². The van der Waals surface area contributed by atoms with Crippen LogP contribution in [0.2, 0.25) is 0 Å². The van der Waals surface area contributed by atoms with Gasteiger partial charge in [-0.1, -0.05) is 58.4 Å².